The zero-order valence-electron chi connectivity index (χ0n) is 17.9. The van der Waals surface area contributed by atoms with Gasteiger partial charge in [0.15, 0.2) is 5.16 Å². The van der Waals surface area contributed by atoms with Crippen LogP contribution in [-0.2, 0) is 17.6 Å². The lowest BCUT2D eigenvalue weighted by Crippen LogP contribution is -2.18. The summed E-state index contributed by atoms with van der Waals surface area (Å²) in [5.74, 6) is 0.564. The second kappa shape index (κ2) is 8.55. The van der Waals surface area contributed by atoms with Gasteiger partial charge in [-0.3, -0.25) is 9.59 Å². The molecule has 0 unspecified atom stereocenters. The Morgan fingerprint density at radius 1 is 1.22 bits per heavy atom. The van der Waals surface area contributed by atoms with Crippen LogP contribution in [0.25, 0.3) is 15.9 Å². The van der Waals surface area contributed by atoms with E-state index >= 15 is 0 Å². The number of thioether (sulfide) groups is 1. The SMILES string of the molecule is Cc1ccc(-n2nc(C)cc2NC(=O)CSc2nc3sc4c(c3c(=O)[nH]2)CCCC4)cc1. The number of aromatic nitrogens is 4. The fourth-order valence-corrected chi connectivity index (χ4v) is 5.98. The van der Waals surface area contributed by atoms with Crippen LogP contribution >= 0.6 is 23.1 Å². The second-order valence-corrected chi connectivity index (χ2v) is 10.1. The normalized spacial score (nSPS) is 13.3. The molecule has 5 rings (SSSR count). The smallest absolute Gasteiger partial charge is 0.260 e. The van der Waals surface area contributed by atoms with Crippen molar-refractivity contribution in [2.24, 2.45) is 0 Å². The molecule has 0 radical (unpaired) electrons. The Kier molecular flexibility index (Phi) is 5.60. The van der Waals surface area contributed by atoms with Gasteiger partial charge in [-0.25, -0.2) is 9.67 Å². The van der Waals surface area contributed by atoms with Gasteiger partial charge in [0, 0.05) is 10.9 Å². The summed E-state index contributed by atoms with van der Waals surface area (Å²) in [6.45, 7) is 3.92. The molecule has 0 atom stereocenters. The van der Waals surface area contributed by atoms with Gasteiger partial charge in [-0.05, 0) is 57.2 Å². The van der Waals surface area contributed by atoms with E-state index in [0.717, 1.165) is 52.8 Å². The van der Waals surface area contributed by atoms with E-state index in [1.807, 2.05) is 44.2 Å². The molecule has 1 aromatic carbocycles. The van der Waals surface area contributed by atoms with Gasteiger partial charge in [0.05, 0.1) is 22.5 Å². The number of carbonyl (C=O) groups excluding carboxylic acids is 1. The van der Waals surface area contributed by atoms with E-state index in [1.54, 1.807) is 16.0 Å². The molecule has 0 saturated carbocycles. The molecule has 1 aliphatic carbocycles. The maximum absolute atomic E-state index is 12.7. The van der Waals surface area contributed by atoms with Crippen LogP contribution in [0.4, 0.5) is 5.82 Å². The monoisotopic (exact) mass is 465 g/mol. The molecule has 4 aromatic rings. The predicted molar refractivity (Wildman–Crippen MR) is 129 cm³/mol. The van der Waals surface area contributed by atoms with Crippen molar-refractivity contribution in [2.45, 2.75) is 44.7 Å². The second-order valence-electron chi connectivity index (χ2n) is 8.02. The summed E-state index contributed by atoms with van der Waals surface area (Å²) in [5.41, 5.74) is 3.91. The first-order chi connectivity index (χ1) is 15.5. The van der Waals surface area contributed by atoms with Crippen molar-refractivity contribution in [2.75, 3.05) is 11.1 Å². The van der Waals surface area contributed by atoms with Crippen LogP contribution in [0.2, 0.25) is 0 Å². The molecule has 2 N–H and O–H groups in total. The first-order valence-electron chi connectivity index (χ1n) is 10.6. The number of H-pyrrole nitrogens is 1. The molecule has 0 saturated heterocycles. The number of amides is 1. The molecule has 0 spiro atoms. The van der Waals surface area contributed by atoms with Crippen molar-refractivity contribution in [3.63, 3.8) is 0 Å². The number of hydrogen-bond acceptors (Lipinski definition) is 6. The molecule has 0 aliphatic heterocycles. The van der Waals surface area contributed by atoms with Gasteiger partial charge in [-0.2, -0.15) is 5.10 Å². The van der Waals surface area contributed by atoms with Gasteiger partial charge >= 0.3 is 0 Å². The Hall–Kier alpha value is -2.91. The number of nitrogens with zero attached hydrogens (tertiary/aromatic N) is 3. The van der Waals surface area contributed by atoms with E-state index in [-0.39, 0.29) is 17.2 Å². The lowest BCUT2D eigenvalue weighted by Gasteiger charge is -2.09. The fourth-order valence-electron chi connectivity index (χ4n) is 4.00. The van der Waals surface area contributed by atoms with Crippen LogP contribution in [0.3, 0.4) is 0 Å². The summed E-state index contributed by atoms with van der Waals surface area (Å²) in [5, 5.41) is 8.63. The number of anilines is 1. The first kappa shape index (κ1) is 21.0. The number of benzene rings is 1. The third-order valence-corrected chi connectivity index (χ3v) is 7.58. The highest BCUT2D eigenvalue weighted by Gasteiger charge is 2.20. The highest BCUT2D eigenvalue weighted by molar-refractivity contribution is 7.99. The number of rotatable bonds is 5. The Balaban J connectivity index is 1.31. The Bertz CT molecular complexity index is 1370. The lowest BCUT2D eigenvalue weighted by molar-refractivity contribution is -0.113. The van der Waals surface area contributed by atoms with Crippen LogP contribution < -0.4 is 10.9 Å². The highest BCUT2D eigenvalue weighted by atomic mass is 32.2. The molecule has 9 heteroatoms. The van der Waals surface area contributed by atoms with Crippen molar-refractivity contribution in [3.05, 3.63) is 62.4 Å². The number of carbonyl (C=O) groups is 1. The molecule has 164 valence electrons. The van der Waals surface area contributed by atoms with E-state index in [0.29, 0.717) is 11.0 Å². The van der Waals surface area contributed by atoms with Gasteiger partial charge in [-0.15, -0.1) is 11.3 Å². The van der Waals surface area contributed by atoms with Crippen molar-refractivity contribution in [1.29, 1.82) is 0 Å². The van der Waals surface area contributed by atoms with E-state index in [1.165, 1.54) is 22.2 Å². The molecule has 1 amide bonds. The average molecular weight is 466 g/mol. The summed E-state index contributed by atoms with van der Waals surface area (Å²) in [6, 6.07) is 9.79. The molecular weight excluding hydrogens is 442 g/mol. The maximum atomic E-state index is 12.7. The number of thiophene rings is 1. The maximum Gasteiger partial charge on any atom is 0.260 e. The third-order valence-electron chi connectivity index (χ3n) is 5.52. The summed E-state index contributed by atoms with van der Waals surface area (Å²) in [6.07, 6.45) is 4.25. The van der Waals surface area contributed by atoms with Crippen LogP contribution in [0.5, 0.6) is 0 Å². The molecule has 1 aliphatic rings. The van der Waals surface area contributed by atoms with Gasteiger partial charge in [-0.1, -0.05) is 29.5 Å². The molecule has 7 nitrogen and oxygen atoms in total. The van der Waals surface area contributed by atoms with Gasteiger partial charge < -0.3 is 10.3 Å². The zero-order chi connectivity index (χ0) is 22.2. The van der Waals surface area contributed by atoms with Crippen LogP contribution in [0.1, 0.15) is 34.5 Å². The largest absolute Gasteiger partial charge is 0.310 e. The van der Waals surface area contributed by atoms with E-state index < -0.39 is 0 Å². The zero-order valence-corrected chi connectivity index (χ0v) is 19.5. The number of aromatic amines is 1. The summed E-state index contributed by atoms with van der Waals surface area (Å²) < 4.78 is 1.72. The lowest BCUT2D eigenvalue weighted by atomic mass is 9.97. The Labute approximate surface area is 193 Å². The highest BCUT2D eigenvalue weighted by Crippen LogP contribution is 2.34. The number of nitrogens with one attached hydrogen (secondary N) is 2. The van der Waals surface area contributed by atoms with E-state index in [4.69, 9.17) is 0 Å². The molecule has 3 heterocycles. The van der Waals surface area contributed by atoms with Gasteiger partial charge in [0.1, 0.15) is 10.6 Å². The summed E-state index contributed by atoms with van der Waals surface area (Å²) in [4.78, 5) is 34.9. The Morgan fingerprint density at radius 2 is 2.00 bits per heavy atom. The van der Waals surface area contributed by atoms with E-state index in [9.17, 15) is 9.59 Å². The molecule has 0 bridgehead atoms. The van der Waals surface area contributed by atoms with Crippen molar-refractivity contribution < 1.29 is 4.79 Å². The average Bonchev–Trinajstić information content (AvgIpc) is 3.33. The molecule has 32 heavy (non-hydrogen) atoms. The van der Waals surface area contributed by atoms with Crippen LogP contribution in [0.15, 0.2) is 40.3 Å². The number of fused-ring (bicyclic) bond motifs is 3. The minimum atomic E-state index is -0.184. The van der Waals surface area contributed by atoms with Crippen molar-refractivity contribution >= 4 is 45.0 Å². The topological polar surface area (TPSA) is 92.7 Å². The summed E-state index contributed by atoms with van der Waals surface area (Å²) >= 11 is 2.84. The number of hydrogen-bond donors (Lipinski definition) is 2. The first-order valence-corrected chi connectivity index (χ1v) is 12.4. The third kappa shape index (κ3) is 4.10. The van der Waals surface area contributed by atoms with Gasteiger partial charge in [0.2, 0.25) is 5.91 Å². The fraction of sp³-hybridized carbons (Fsp3) is 0.304. The van der Waals surface area contributed by atoms with Crippen molar-refractivity contribution in [3.8, 4) is 5.69 Å². The Morgan fingerprint density at radius 3 is 2.81 bits per heavy atom. The molecule has 3 aromatic heterocycles. The van der Waals surface area contributed by atoms with E-state index in [2.05, 4.69) is 20.4 Å². The quantitative estimate of drug-likeness (QED) is 0.337. The number of aryl methyl sites for hydroxylation is 4. The minimum absolute atomic E-state index is 0.106. The summed E-state index contributed by atoms with van der Waals surface area (Å²) in [7, 11) is 0. The minimum Gasteiger partial charge on any atom is -0.310 e. The standard InChI is InChI=1S/C23H23N5O2S2/c1-13-7-9-15(10-8-13)28-18(11-14(2)27-28)24-19(29)12-31-23-25-21(30)20-16-5-3-4-6-17(16)32-22(20)26-23/h7-11H,3-6,12H2,1-2H3,(H,24,29)(H,25,26,30). The molecular formula is C23H23N5O2S2. The predicted octanol–water partition coefficient (Wildman–Crippen LogP) is 4.40. The van der Waals surface area contributed by atoms with Crippen LogP contribution in [-0.4, -0.2) is 31.4 Å². The molecule has 0 fully saturated rings. The van der Waals surface area contributed by atoms with Crippen LogP contribution in [0, 0.1) is 13.8 Å². The van der Waals surface area contributed by atoms with Crippen molar-refractivity contribution in [1.82, 2.24) is 19.7 Å². The van der Waals surface area contributed by atoms with Gasteiger partial charge in [0.25, 0.3) is 5.56 Å².